The Morgan fingerprint density at radius 1 is 1.47 bits per heavy atom. The topological polar surface area (TPSA) is 27.1 Å². The first kappa shape index (κ1) is 11.6. The number of nitrogens with zero attached hydrogens (tertiary/aromatic N) is 2. The van der Waals surface area contributed by atoms with Crippen molar-refractivity contribution in [1.82, 2.24) is 9.78 Å². The predicted octanol–water partition coefficient (Wildman–Crippen LogP) is 3.31. The van der Waals surface area contributed by atoms with Crippen molar-refractivity contribution in [2.75, 3.05) is 13.2 Å². The maximum Gasteiger partial charge on any atom is 0.142 e. The molecule has 0 bridgehead atoms. The summed E-state index contributed by atoms with van der Waals surface area (Å²) >= 11 is 6.97. The van der Waals surface area contributed by atoms with Crippen molar-refractivity contribution < 1.29 is 4.74 Å². The van der Waals surface area contributed by atoms with Gasteiger partial charge in [0.25, 0.3) is 0 Å². The summed E-state index contributed by atoms with van der Waals surface area (Å²) in [5.74, 6) is 0.524. The number of hydrogen-bond donors (Lipinski definition) is 0. The number of ether oxygens (including phenoxy) is 1. The smallest absolute Gasteiger partial charge is 0.142 e. The third kappa shape index (κ3) is 2.15. The molecule has 1 aliphatic rings. The molecule has 0 N–H and O–H groups in total. The quantitative estimate of drug-likeness (QED) is 0.786. The summed E-state index contributed by atoms with van der Waals surface area (Å²) in [6.07, 6.45) is 1.04. The number of aromatic nitrogens is 2. The molecule has 0 amide bonds. The zero-order valence-electron chi connectivity index (χ0n) is 8.83. The van der Waals surface area contributed by atoms with Crippen LogP contribution in [-0.2, 0) is 4.74 Å². The molecule has 3 nitrogen and oxygen atoms in total. The molecule has 1 saturated heterocycles. The highest BCUT2D eigenvalue weighted by atomic mass is 79.9. The first-order chi connectivity index (χ1) is 7.11. The number of hydrogen-bond acceptors (Lipinski definition) is 2. The largest absolute Gasteiger partial charge is 0.381 e. The molecule has 2 atom stereocenters. The molecule has 1 aromatic heterocycles. The molecule has 15 heavy (non-hydrogen) atoms. The van der Waals surface area contributed by atoms with Gasteiger partial charge in [-0.3, -0.25) is 4.68 Å². The summed E-state index contributed by atoms with van der Waals surface area (Å²) in [5, 5.41) is 4.51. The van der Waals surface area contributed by atoms with E-state index in [4.69, 9.17) is 4.74 Å². The molecule has 1 aliphatic heterocycles. The summed E-state index contributed by atoms with van der Waals surface area (Å²) < 4.78 is 9.50. The van der Waals surface area contributed by atoms with Crippen LogP contribution in [0.4, 0.5) is 0 Å². The van der Waals surface area contributed by atoms with Gasteiger partial charge in [0.1, 0.15) is 4.60 Å². The van der Waals surface area contributed by atoms with Crippen LogP contribution in [0.2, 0.25) is 0 Å². The predicted molar refractivity (Wildman–Crippen MR) is 66.0 cm³/mol. The van der Waals surface area contributed by atoms with Crippen LogP contribution in [0.5, 0.6) is 0 Å². The van der Waals surface area contributed by atoms with Crippen LogP contribution in [0, 0.1) is 12.8 Å². The van der Waals surface area contributed by atoms with E-state index in [9.17, 15) is 0 Å². The van der Waals surface area contributed by atoms with Crippen LogP contribution in [0.1, 0.15) is 25.1 Å². The Morgan fingerprint density at radius 2 is 2.20 bits per heavy atom. The Kier molecular flexibility index (Phi) is 3.52. The van der Waals surface area contributed by atoms with Crippen LogP contribution >= 0.6 is 31.9 Å². The first-order valence-electron chi connectivity index (χ1n) is 5.09. The normalized spacial score (nSPS) is 26.9. The average molecular weight is 338 g/mol. The lowest BCUT2D eigenvalue weighted by Gasteiger charge is -2.29. The zero-order valence-corrected chi connectivity index (χ0v) is 12.0. The van der Waals surface area contributed by atoms with E-state index in [-0.39, 0.29) is 0 Å². The molecule has 0 spiro atoms. The van der Waals surface area contributed by atoms with Crippen LogP contribution in [0.15, 0.2) is 9.08 Å². The van der Waals surface area contributed by atoms with E-state index in [0.717, 1.165) is 28.7 Å². The van der Waals surface area contributed by atoms with Crippen molar-refractivity contribution in [2.24, 2.45) is 5.92 Å². The number of halogens is 2. The van der Waals surface area contributed by atoms with Gasteiger partial charge in [0, 0.05) is 12.5 Å². The fourth-order valence-electron chi connectivity index (χ4n) is 2.02. The van der Waals surface area contributed by atoms with Gasteiger partial charge in [-0.05, 0) is 45.2 Å². The zero-order chi connectivity index (χ0) is 11.0. The Bertz CT molecular complexity index is 365. The van der Waals surface area contributed by atoms with Crippen molar-refractivity contribution in [3.63, 3.8) is 0 Å². The van der Waals surface area contributed by atoms with Gasteiger partial charge < -0.3 is 4.74 Å². The van der Waals surface area contributed by atoms with Gasteiger partial charge in [0.2, 0.25) is 0 Å². The van der Waals surface area contributed by atoms with Gasteiger partial charge in [-0.15, -0.1) is 0 Å². The summed E-state index contributed by atoms with van der Waals surface area (Å²) in [4.78, 5) is 0. The van der Waals surface area contributed by atoms with Gasteiger partial charge >= 0.3 is 0 Å². The van der Waals surface area contributed by atoms with Crippen LogP contribution in [0.3, 0.4) is 0 Å². The van der Waals surface area contributed by atoms with Crippen LogP contribution < -0.4 is 0 Å². The average Bonchev–Trinajstić information content (AvgIpc) is 2.47. The minimum atomic E-state index is 0.460. The van der Waals surface area contributed by atoms with Gasteiger partial charge in [0.15, 0.2) is 0 Å². The van der Waals surface area contributed by atoms with Crippen molar-refractivity contribution in [3.05, 3.63) is 14.8 Å². The van der Waals surface area contributed by atoms with E-state index in [0.29, 0.717) is 12.0 Å². The van der Waals surface area contributed by atoms with Crippen LogP contribution in [0.25, 0.3) is 0 Å². The fourth-order valence-corrected chi connectivity index (χ4v) is 2.74. The van der Waals surface area contributed by atoms with E-state index in [1.807, 2.05) is 0 Å². The Hall–Kier alpha value is 0.130. The summed E-state index contributed by atoms with van der Waals surface area (Å²) in [6, 6.07) is 0.460. The minimum absolute atomic E-state index is 0.460. The lowest BCUT2D eigenvalue weighted by molar-refractivity contribution is 0.0243. The Balaban J connectivity index is 2.31. The SMILES string of the molecule is Cc1c(Br)c(Br)nn1C1CCOCC1C. The van der Waals surface area contributed by atoms with Crippen molar-refractivity contribution in [1.29, 1.82) is 0 Å². The van der Waals surface area contributed by atoms with Crippen LogP contribution in [-0.4, -0.2) is 23.0 Å². The first-order valence-corrected chi connectivity index (χ1v) is 6.67. The molecule has 2 unspecified atom stereocenters. The summed E-state index contributed by atoms with van der Waals surface area (Å²) in [6.45, 7) is 5.97. The lowest BCUT2D eigenvalue weighted by atomic mass is 9.98. The minimum Gasteiger partial charge on any atom is -0.381 e. The van der Waals surface area contributed by atoms with Gasteiger partial charge in [-0.2, -0.15) is 5.10 Å². The molecule has 2 rings (SSSR count). The third-order valence-electron chi connectivity index (χ3n) is 2.95. The van der Waals surface area contributed by atoms with Gasteiger partial charge in [-0.1, -0.05) is 6.92 Å². The van der Waals surface area contributed by atoms with Gasteiger partial charge in [0.05, 0.1) is 22.8 Å². The number of rotatable bonds is 1. The van der Waals surface area contributed by atoms with E-state index in [2.05, 4.69) is 55.5 Å². The second-order valence-corrected chi connectivity index (χ2v) is 5.59. The fraction of sp³-hybridized carbons (Fsp3) is 0.700. The third-order valence-corrected chi connectivity index (χ3v) is 4.98. The molecule has 0 aromatic carbocycles. The molecule has 2 heterocycles. The van der Waals surface area contributed by atoms with Crippen molar-refractivity contribution in [3.8, 4) is 0 Å². The summed E-state index contributed by atoms with van der Waals surface area (Å²) in [5.41, 5.74) is 1.18. The Labute approximate surface area is 106 Å². The van der Waals surface area contributed by atoms with E-state index >= 15 is 0 Å². The maximum absolute atomic E-state index is 5.45. The lowest BCUT2D eigenvalue weighted by Crippen LogP contribution is -2.29. The molecule has 0 aliphatic carbocycles. The standard InChI is InChI=1S/C10H14Br2N2O/c1-6-5-15-4-3-8(6)14-7(2)9(11)10(12)13-14/h6,8H,3-5H2,1-2H3. The molecule has 84 valence electrons. The van der Waals surface area contributed by atoms with Crippen molar-refractivity contribution in [2.45, 2.75) is 26.3 Å². The van der Waals surface area contributed by atoms with E-state index < -0.39 is 0 Å². The monoisotopic (exact) mass is 336 g/mol. The maximum atomic E-state index is 5.45. The molecular weight excluding hydrogens is 324 g/mol. The highest BCUT2D eigenvalue weighted by molar-refractivity contribution is 9.13. The molecule has 1 fully saturated rings. The van der Waals surface area contributed by atoms with Gasteiger partial charge in [-0.25, -0.2) is 0 Å². The second-order valence-electron chi connectivity index (χ2n) is 4.04. The highest BCUT2D eigenvalue weighted by Gasteiger charge is 2.26. The van der Waals surface area contributed by atoms with E-state index in [1.54, 1.807) is 0 Å². The Morgan fingerprint density at radius 3 is 2.73 bits per heavy atom. The molecule has 5 heteroatoms. The molecule has 1 aromatic rings. The molecule has 0 radical (unpaired) electrons. The molecular formula is C10H14Br2N2O. The van der Waals surface area contributed by atoms with Crippen molar-refractivity contribution >= 4 is 31.9 Å². The van der Waals surface area contributed by atoms with E-state index in [1.165, 1.54) is 5.69 Å². The highest BCUT2D eigenvalue weighted by Crippen LogP contribution is 2.32. The second kappa shape index (κ2) is 4.55. The molecule has 0 saturated carbocycles. The summed E-state index contributed by atoms with van der Waals surface area (Å²) in [7, 11) is 0.